The van der Waals surface area contributed by atoms with Crippen LogP contribution in [0.4, 0.5) is 5.00 Å². The fourth-order valence-corrected chi connectivity index (χ4v) is 5.16. The van der Waals surface area contributed by atoms with Gasteiger partial charge in [-0.05, 0) is 45.6 Å². The van der Waals surface area contributed by atoms with Crippen molar-refractivity contribution in [2.24, 2.45) is 0 Å². The second kappa shape index (κ2) is 5.63. The molecule has 0 aliphatic heterocycles. The van der Waals surface area contributed by atoms with Crippen LogP contribution >= 0.6 is 43.2 Å². The predicted molar refractivity (Wildman–Crippen MR) is 81.7 cm³/mol. The topological polar surface area (TPSA) is 70.0 Å². The van der Waals surface area contributed by atoms with Gasteiger partial charge in [-0.25, -0.2) is 8.42 Å². The Bertz CT molecular complexity index is 763. The molecule has 19 heavy (non-hydrogen) atoms. The number of sulfonamides is 1. The molecule has 0 unspecified atom stereocenters. The summed E-state index contributed by atoms with van der Waals surface area (Å²) in [7, 11) is -3.72. The average molecular weight is 422 g/mol. The number of halogens is 2. The first-order chi connectivity index (χ1) is 8.94. The number of benzene rings is 1. The first kappa shape index (κ1) is 14.5. The van der Waals surface area contributed by atoms with Gasteiger partial charge in [0.05, 0.1) is 5.56 Å². The molecule has 0 fully saturated rings. The maximum atomic E-state index is 12.2. The average Bonchev–Trinajstić information content (AvgIpc) is 2.74. The lowest BCUT2D eigenvalue weighted by molar-refractivity contribution is 0.601. The van der Waals surface area contributed by atoms with Gasteiger partial charge in [-0.2, -0.15) is 5.26 Å². The molecular weight excluding hydrogens is 416 g/mol. The molecule has 0 amide bonds. The quantitative estimate of drug-likeness (QED) is 0.815. The SMILES string of the molecule is N#Cc1ccsc1NS(=O)(=O)c1ccc(Br)cc1Br. The van der Waals surface area contributed by atoms with E-state index in [0.29, 0.717) is 15.0 Å². The molecule has 1 N–H and O–H groups in total. The molecule has 0 aliphatic rings. The van der Waals surface area contributed by atoms with E-state index in [1.54, 1.807) is 23.6 Å². The van der Waals surface area contributed by atoms with E-state index >= 15 is 0 Å². The summed E-state index contributed by atoms with van der Waals surface area (Å²) in [5.41, 5.74) is 0.307. The van der Waals surface area contributed by atoms with Crippen molar-refractivity contribution in [1.29, 1.82) is 5.26 Å². The lowest BCUT2D eigenvalue weighted by atomic mass is 10.4. The number of hydrogen-bond acceptors (Lipinski definition) is 4. The molecule has 0 spiro atoms. The monoisotopic (exact) mass is 420 g/mol. The first-order valence-electron chi connectivity index (χ1n) is 4.89. The predicted octanol–water partition coefficient (Wildman–Crippen LogP) is 3.95. The molecule has 1 aromatic carbocycles. The summed E-state index contributed by atoms with van der Waals surface area (Å²) in [6, 6.07) is 8.27. The van der Waals surface area contributed by atoms with Crippen molar-refractivity contribution in [3.05, 3.63) is 44.2 Å². The van der Waals surface area contributed by atoms with E-state index < -0.39 is 10.0 Å². The van der Waals surface area contributed by atoms with Crippen LogP contribution in [-0.2, 0) is 10.0 Å². The minimum absolute atomic E-state index is 0.119. The highest BCUT2D eigenvalue weighted by Crippen LogP contribution is 2.30. The van der Waals surface area contributed by atoms with Crippen LogP contribution in [0.5, 0.6) is 0 Å². The number of anilines is 1. The Kier molecular flexibility index (Phi) is 4.30. The number of hydrogen-bond donors (Lipinski definition) is 1. The van der Waals surface area contributed by atoms with Crippen molar-refractivity contribution in [2.75, 3.05) is 4.72 Å². The molecule has 0 saturated heterocycles. The van der Waals surface area contributed by atoms with E-state index in [9.17, 15) is 8.42 Å². The lowest BCUT2D eigenvalue weighted by Crippen LogP contribution is -2.13. The maximum absolute atomic E-state index is 12.2. The largest absolute Gasteiger partial charge is 0.269 e. The summed E-state index contributed by atoms with van der Waals surface area (Å²) in [5.74, 6) is 0. The van der Waals surface area contributed by atoms with Crippen LogP contribution < -0.4 is 4.72 Å². The molecule has 8 heteroatoms. The summed E-state index contributed by atoms with van der Waals surface area (Å²) in [6.07, 6.45) is 0. The van der Waals surface area contributed by atoms with Gasteiger partial charge in [-0.1, -0.05) is 15.9 Å². The molecular formula is C11H6Br2N2O2S2. The molecule has 0 bridgehead atoms. The normalized spacial score (nSPS) is 11.0. The Hall–Kier alpha value is -0.880. The fourth-order valence-electron chi connectivity index (χ4n) is 1.35. The van der Waals surface area contributed by atoms with Crippen LogP contribution in [0.1, 0.15) is 5.56 Å². The Balaban J connectivity index is 2.41. The number of nitriles is 1. The first-order valence-corrected chi connectivity index (χ1v) is 8.84. The third-order valence-electron chi connectivity index (χ3n) is 2.20. The molecule has 1 aromatic heterocycles. The van der Waals surface area contributed by atoms with E-state index in [1.165, 1.54) is 17.4 Å². The second-order valence-corrected chi connectivity index (χ2v) is 7.79. The minimum atomic E-state index is -3.72. The van der Waals surface area contributed by atoms with E-state index in [-0.39, 0.29) is 4.90 Å². The van der Waals surface area contributed by atoms with E-state index in [4.69, 9.17) is 5.26 Å². The van der Waals surface area contributed by atoms with Gasteiger partial charge in [0.25, 0.3) is 10.0 Å². The minimum Gasteiger partial charge on any atom is -0.269 e. The third kappa shape index (κ3) is 3.17. The number of thiophene rings is 1. The Morgan fingerprint density at radius 2 is 2.00 bits per heavy atom. The van der Waals surface area contributed by atoms with Gasteiger partial charge in [-0.3, -0.25) is 4.72 Å². The zero-order chi connectivity index (χ0) is 14.0. The molecule has 2 rings (SSSR count). The van der Waals surface area contributed by atoms with Gasteiger partial charge in [0.15, 0.2) is 0 Å². The van der Waals surface area contributed by atoms with E-state index in [1.807, 2.05) is 6.07 Å². The van der Waals surface area contributed by atoms with Gasteiger partial charge in [0, 0.05) is 8.95 Å². The molecule has 2 aromatic rings. The van der Waals surface area contributed by atoms with Crippen molar-refractivity contribution < 1.29 is 8.42 Å². The molecule has 0 saturated carbocycles. The zero-order valence-corrected chi connectivity index (χ0v) is 14.0. The van der Waals surface area contributed by atoms with Crippen molar-refractivity contribution >= 4 is 58.2 Å². The standard InChI is InChI=1S/C11H6Br2N2O2S2/c12-8-1-2-10(9(13)5-8)19(16,17)15-11-7(6-14)3-4-18-11/h1-5,15H. The van der Waals surface area contributed by atoms with Crippen LogP contribution in [0, 0.1) is 11.3 Å². The summed E-state index contributed by atoms with van der Waals surface area (Å²) in [4.78, 5) is 0.119. The number of rotatable bonds is 3. The Morgan fingerprint density at radius 1 is 1.26 bits per heavy atom. The molecule has 4 nitrogen and oxygen atoms in total. The highest BCUT2D eigenvalue weighted by atomic mass is 79.9. The van der Waals surface area contributed by atoms with Gasteiger partial charge >= 0.3 is 0 Å². The fraction of sp³-hybridized carbons (Fsp3) is 0. The van der Waals surface area contributed by atoms with Crippen molar-refractivity contribution in [1.82, 2.24) is 0 Å². The highest BCUT2D eigenvalue weighted by molar-refractivity contribution is 9.11. The van der Waals surface area contributed by atoms with Gasteiger partial charge < -0.3 is 0 Å². The van der Waals surface area contributed by atoms with Crippen molar-refractivity contribution in [2.45, 2.75) is 4.90 Å². The number of nitrogens with one attached hydrogen (secondary N) is 1. The van der Waals surface area contributed by atoms with Crippen molar-refractivity contribution in [3.8, 4) is 6.07 Å². The Morgan fingerprint density at radius 3 is 2.63 bits per heavy atom. The Labute approximate surface area is 131 Å². The van der Waals surface area contributed by atoms with Crippen LogP contribution in [-0.4, -0.2) is 8.42 Å². The lowest BCUT2D eigenvalue weighted by Gasteiger charge is -2.08. The van der Waals surface area contributed by atoms with Crippen molar-refractivity contribution in [3.63, 3.8) is 0 Å². The van der Waals surface area contributed by atoms with Crippen LogP contribution in [0.25, 0.3) is 0 Å². The maximum Gasteiger partial charge on any atom is 0.263 e. The molecule has 1 heterocycles. The highest BCUT2D eigenvalue weighted by Gasteiger charge is 2.19. The van der Waals surface area contributed by atoms with Crippen LogP contribution in [0.3, 0.4) is 0 Å². The van der Waals surface area contributed by atoms with Crippen LogP contribution in [0.15, 0.2) is 43.5 Å². The van der Waals surface area contributed by atoms with Gasteiger partial charge in [0.2, 0.25) is 0 Å². The molecule has 0 aliphatic carbocycles. The molecule has 98 valence electrons. The van der Waals surface area contributed by atoms with Gasteiger partial charge in [0.1, 0.15) is 16.0 Å². The van der Waals surface area contributed by atoms with Gasteiger partial charge in [-0.15, -0.1) is 11.3 Å². The third-order valence-corrected chi connectivity index (χ3v) is 5.97. The molecule has 0 radical (unpaired) electrons. The second-order valence-electron chi connectivity index (χ2n) is 3.46. The van der Waals surface area contributed by atoms with E-state index in [0.717, 1.165) is 4.47 Å². The summed E-state index contributed by atoms with van der Waals surface area (Å²) < 4.78 is 28.1. The van der Waals surface area contributed by atoms with E-state index in [2.05, 4.69) is 36.6 Å². The van der Waals surface area contributed by atoms with Crippen LogP contribution in [0.2, 0.25) is 0 Å². The summed E-state index contributed by atoms with van der Waals surface area (Å²) in [6.45, 7) is 0. The molecule has 0 atom stereocenters. The summed E-state index contributed by atoms with van der Waals surface area (Å²) >= 11 is 7.64. The summed E-state index contributed by atoms with van der Waals surface area (Å²) in [5, 5.41) is 10.8. The zero-order valence-electron chi connectivity index (χ0n) is 9.22. The number of nitrogens with zero attached hydrogens (tertiary/aromatic N) is 1. The smallest absolute Gasteiger partial charge is 0.263 e.